The van der Waals surface area contributed by atoms with Crippen molar-refractivity contribution in [2.75, 3.05) is 36.4 Å². The maximum Gasteiger partial charge on any atom is 0.285 e. The zero-order valence-corrected chi connectivity index (χ0v) is 19.6. The lowest BCUT2D eigenvalue weighted by Gasteiger charge is -2.29. The molecule has 4 heterocycles. The van der Waals surface area contributed by atoms with Crippen LogP contribution in [0.4, 0.5) is 17.2 Å². The van der Waals surface area contributed by atoms with Gasteiger partial charge in [-0.2, -0.15) is 17.6 Å². The number of benzene rings is 2. The highest BCUT2D eigenvalue weighted by Crippen LogP contribution is 2.27. The van der Waals surface area contributed by atoms with Gasteiger partial charge in [0.25, 0.3) is 10.0 Å². The van der Waals surface area contributed by atoms with Gasteiger partial charge in [0.1, 0.15) is 10.7 Å². The van der Waals surface area contributed by atoms with Gasteiger partial charge in [0.2, 0.25) is 0 Å². The van der Waals surface area contributed by atoms with Gasteiger partial charge in [0, 0.05) is 66.8 Å². The van der Waals surface area contributed by atoms with E-state index in [4.69, 9.17) is 0 Å². The smallest absolute Gasteiger partial charge is 0.285 e. The molecule has 0 spiro atoms. The molecule has 9 nitrogen and oxygen atoms in total. The van der Waals surface area contributed by atoms with Crippen LogP contribution >= 0.6 is 0 Å². The van der Waals surface area contributed by atoms with Crippen LogP contribution in [0.5, 0.6) is 0 Å². The van der Waals surface area contributed by atoms with Crippen molar-refractivity contribution in [2.45, 2.75) is 4.90 Å². The van der Waals surface area contributed by atoms with Gasteiger partial charge < -0.3 is 15.5 Å². The summed E-state index contributed by atoms with van der Waals surface area (Å²) in [7, 11) is -3.98. The summed E-state index contributed by atoms with van der Waals surface area (Å²) in [5.74, 6) is 0.528. The lowest BCUT2D eigenvalue weighted by atomic mass is 10.2. The molecule has 2 aromatic carbocycles. The van der Waals surface area contributed by atoms with Crippen molar-refractivity contribution in [3.8, 4) is 0 Å². The Morgan fingerprint density at radius 3 is 2.51 bits per heavy atom. The molecule has 10 heteroatoms. The lowest BCUT2D eigenvalue weighted by Crippen LogP contribution is -2.43. The van der Waals surface area contributed by atoms with Crippen LogP contribution in [0.3, 0.4) is 0 Å². The molecule has 1 aliphatic rings. The molecule has 0 bridgehead atoms. The Kier molecular flexibility index (Phi) is 5.31. The first-order valence-electron chi connectivity index (χ1n) is 11.4. The fourth-order valence-corrected chi connectivity index (χ4v) is 5.80. The molecule has 0 atom stereocenters. The summed E-state index contributed by atoms with van der Waals surface area (Å²) >= 11 is 0. The summed E-state index contributed by atoms with van der Waals surface area (Å²) in [6.45, 7) is 3.93. The van der Waals surface area contributed by atoms with Gasteiger partial charge in [-0.3, -0.25) is 4.98 Å². The van der Waals surface area contributed by atoms with Crippen LogP contribution in [0.2, 0.25) is 0 Å². The third-order valence-electron chi connectivity index (χ3n) is 6.14. The minimum Gasteiger partial charge on any atom is -0.369 e. The summed E-state index contributed by atoms with van der Waals surface area (Å²) in [6.07, 6.45) is 4.71. The normalized spacial score (nSPS) is 14.5. The van der Waals surface area contributed by atoms with Crippen molar-refractivity contribution in [2.24, 2.45) is 0 Å². The highest BCUT2D eigenvalue weighted by Gasteiger charge is 2.24. The van der Waals surface area contributed by atoms with Crippen LogP contribution in [0.1, 0.15) is 0 Å². The average molecular weight is 486 g/mol. The first kappa shape index (κ1) is 21.5. The Hall–Kier alpha value is -4.02. The molecule has 1 aliphatic heterocycles. The predicted octanol–water partition coefficient (Wildman–Crippen LogP) is 3.37. The molecule has 35 heavy (non-hydrogen) atoms. The third kappa shape index (κ3) is 3.96. The van der Waals surface area contributed by atoms with Crippen LogP contribution in [-0.4, -0.2) is 53.8 Å². The van der Waals surface area contributed by atoms with Crippen molar-refractivity contribution >= 4 is 49.0 Å². The standard InChI is InChI=1S/C25H23N7O2S/c33-35(34,23-5-1-3-18-4-2-10-27-25(18)23)32-22-15-24(28-16-19(22)17-29-32)30-20-6-8-21(9-7-20)31-13-11-26-12-14-31/h1-10,15-17,26H,11-14H2,(H,28,30). The fraction of sp³-hybridized carbons (Fsp3) is 0.160. The fourth-order valence-electron chi connectivity index (χ4n) is 4.36. The SMILES string of the molecule is O=S(=O)(c1cccc2cccnc12)n1ncc2cnc(Nc3ccc(N4CCNCC4)cc3)cc21. The van der Waals surface area contributed by atoms with E-state index < -0.39 is 10.0 Å². The largest absolute Gasteiger partial charge is 0.369 e. The van der Waals surface area contributed by atoms with Crippen molar-refractivity contribution in [1.82, 2.24) is 24.5 Å². The summed E-state index contributed by atoms with van der Waals surface area (Å²) in [5, 5.41) is 12.2. The first-order chi connectivity index (χ1) is 17.1. The monoisotopic (exact) mass is 485 g/mol. The second kappa shape index (κ2) is 8.64. The van der Waals surface area contributed by atoms with Crippen molar-refractivity contribution in [3.05, 3.63) is 79.3 Å². The Labute approximate surface area is 202 Å². The zero-order chi connectivity index (χ0) is 23.8. The van der Waals surface area contributed by atoms with E-state index in [0.29, 0.717) is 22.2 Å². The van der Waals surface area contributed by atoms with Gasteiger partial charge in [-0.1, -0.05) is 18.2 Å². The van der Waals surface area contributed by atoms with Crippen LogP contribution in [0, 0.1) is 0 Å². The Bertz CT molecular complexity index is 1620. The molecule has 5 aromatic rings. The minimum absolute atomic E-state index is 0.107. The molecular formula is C25H23N7O2S. The second-order valence-corrected chi connectivity index (χ2v) is 10.1. The average Bonchev–Trinajstić information content (AvgIpc) is 3.33. The van der Waals surface area contributed by atoms with E-state index in [-0.39, 0.29) is 4.90 Å². The molecular weight excluding hydrogens is 462 g/mol. The van der Waals surface area contributed by atoms with Crippen LogP contribution in [0.15, 0.2) is 84.1 Å². The summed E-state index contributed by atoms with van der Waals surface area (Å²) in [4.78, 5) is 11.2. The van der Waals surface area contributed by atoms with Gasteiger partial charge in [-0.15, -0.1) is 0 Å². The Morgan fingerprint density at radius 2 is 1.69 bits per heavy atom. The Balaban J connectivity index is 1.33. The molecule has 3 aromatic heterocycles. The third-order valence-corrected chi connectivity index (χ3v) is 7.77. The number of para-hydroxylation sites is 1. The van der Waals surface area contributed by atoms with E-state index in [2.05, 4.69) is 42.7 Å². The predicted molar refractivity (Wildman–Crippen MR) is 137 cm³/mol. The number of anilines is 3. The van der Waals surface area contributed by atoms with Gasteiger partial charge >= 0.3 is 0 Å². The van der Waals surface area contributed by atoms with Crippen molar-refractivity contribution in [1.29, 1.82) is 0 Å². The number of fused-ring (bicyclic) bond motifs is 2. The van der Waals surface area contributed by atoms with Crippen LogP contribution in [0.25, 0.3) is 21.8 Å². The van der Waals surface area contributed by atoms with E-state index in [0.717, 1.165) is 41.3 Å². The first-order valence-corrected chi connectivity index (χ1v) is 12.8. The van der Waals surface area contributed by atoms with Crippen LogP contribution < -0.4 is 15.5 Å². The summed E-state index contributed by atoms with van der Waals surface area (Å²) < 4.78 is 28.2. The number of pyridine rings is 2. The number of piperazine rings is 1. The van der Waals surface area contributed by atoms with E-state index in [1.54, 1.807) is 36.7 Å². The second-order valence-electron chi connectivity index (χ2n) is 8.36. The number of hydrogen-bond donors (Lipinski definition) is 2. The molecule has 0 unspecified atom stereocenters. The molecule has 176 valence electrons. The van der Waals surface area contributed by atoms with E-state index in [9.17, 15) is 8.42 Å². The van der Waals surface area contributed by atoms with Gasteiger partial charge in [0.05, 0.1) is 17.2 Å². The van der Waals surface area contributed by atoms with E-state index >= 15 is 0 Å². The highest BCUT2D eigenvalue weighted by atomic mass is 32.2. The van der Waals surface area contributed by atoms with Crippen LogP contribution in [-0.2, 0) is 10.0 Å². The molecule has 1 fully saturated rings. The van der Waals surface area contributed by atoms with Gasteiger partial charge in [-0.25, -0.2) is 4.98 Å². The minimum atomic E-state index is -3.98. The lowest BCUT2D eigenvalue weighted by molar-refractivity contribution is 0.583. The molecule has 1 saturated heterocycles. The number of nitrogens with zero attached hydrogens (tertiary/aromatic N) is 5. The summed E-state index contributed by atoms with van der Waals surface area (Å²) in [5.41, 5.74) is 2.89. The molecule has 0 amide bonds. The molecule has 2 N–H and O–H groups in total. The number of nitrogens with one attached hydrogen (secondary N) is 2. The molecule has 0 aliphatic carbocycles. The number of aromatic nitrogens is 4. The van der Waals surface area contributed by atoms with E-state index in [1.807, 2.05) is 24.3 Å². The van der Waals surface area contributed by atoms with Gasteiger partial charge in [0.15, 0.2) is 0 Å². The quantitative estimate of drug-likeness (QED) is 0.390. The highest BCUT2D eigenvalue weighted by molar-refractivity contribution is 7.90. The van der Waals surface area contributed by atoms with Crippen molar-refractivity contribution in [3.63, 3.8) is 0 Å². The zero-order valence-electron chi connectivity index (χ0n) is 18.8. The molecule has 6 rings (SSSR count). The topological polar surface area (TPSA) is 105 Å². The number of hydrogen-bond acceptors (Lipinski definition) is 8. The number of rotatable bonds is 5. The summed E-state index contributed by atoms with van der Waals surface area (Å²) in [6, 6.07) is 18.6. The van der Waals surface area contributed by atoms with Gasteiger partial charge in [-0.05, 0) is 36.4 Å². The Morgan fingerprint density at radius 1 is 0.886 bits per heavy atom. The molecule has 0 saturated carbocycles. The molecule has 0 radical (unpaired) electrons. The maximum absolute atomic E-state index is 13.6. The van der Waals surface area contributed by atoms with Crippen molar-refractivity contribution < 1.29 is 8.42 Å². The van der Waals surface area contributed by atoms with E-state index in [1.165, 1.54) is 11.9 Å². The maximum atomic E-state index is 13.6.